The minimum atomic E-state index is -0.226. The predicted molar refractivity (Wildman–Crippen MR) is 93.8 cm³/mol. The molecule has 2 aromatic carbocycles. The highest BCUT2D eigenvalue weighted by Crippen LogP contribution is 2.36. The van der Waals surface area contributed by atoms with Gasteiger partial charge in [0.15, 0.2) is 0 Å². The van der Waals surface area contributed by atoms with Gasteiger partial charge in [0.1, 0.15) is 11.6 Å². The van der Waals surface area contributed by atoms with Crippen molar-refractivity contribution in [2.24, 2.45) is 5.92 Å². The van der Waals surface area contributed by atoms with E-state index in [2.05, 4.69) is 18.7 Å². The zero-order valence-electron chi connectivity index (χ0n) is 14.4. The van der Waals surface area contributed by atoms with Crippen molar-refractivity contribution in [2.75, 3.05) is 6.54 Å². The van der Waals surface area contributed by atoms with E-state index in [0.717, 1.165) is 17.7 Å². The van der Waals surface area contributed by atoms with Crippen molar-refractivity contribution < 1.29 is 8.78 Å². The first-order chi connectivity index (χ1) is 11.6. The molecule has 1 fully saturated rings. The third kappa shape index (κ3) is 3.67. The van der Waals surface area contributed by atoms with Crippen LogP contribution in [0.4, 0.5) is 8.78 Å². The van der Waals surface area contributed by atoms with E-state index in [1.165, 1.54) is 43.5 Å². The molecule has 0 aliphatic carbocycles. The van der Waals surface area contributed by atoms with Crippen LogP contribution in [0.1, 0.15) is 50.3 Å². The average molecular weight is 329 g/mol. The van der Waals surface area contributed by atoms with Crippen LogP contribution in [0, 0.1) is 17.6 Å². The number of hydrogen-bond acceptors (Lipinski definition) is 1. The molecule has 0 unspecified atom stereocenters. The van der Waals surface area contributed by atoms with Gasteiger partial charge in [0.25, 0.3) is 0 Å². The first kappa shape index (κ1) is 17.1. The third-order valence-electron chi connectivity index (χ3n) is 5.06. The van der Waals surface area contributed by atoms with Gasteiger partial charge < -0.3 is 0 Å². The zero-order valence-corrected chi connectivity index (χ0v) is 14.4. The number of halogens is 2. The Kier molecular flexibility index (Phi) is 5.30. The summed E-state index contributed by atoms with van der Waals surface area (Å²) in [6, 6.07) is 14.0. The normalized spacial score (nSPS) is 19.2. The second-order valence-electron chi connectivity index (χ2n) is 7.05. The zero-order chi connectivity index (χ0) is 17.1. The Morgan fingerprint density at radius 1 is 0.833 bits per heavy atom. The number of benzene rings is 2. The maximum Gasteiger partial charge on any atom is 0.123 e. The lowest BCUT2D eigenvalue weighted by molar-refractivity contribution is 0.0815. The van der Waals surface area contributed by atoms with Gasteiger partial charge in [-0.25, -0.2) is 8.78 Å². The summed E-state index contributed by atoms with van der Waals surface area (Å²) < 4.78 is 26.8. The molecule has 1 heterocycles. The van der Waals surface area contributed by atoms with Gasteiger partial charge in [0.05, 0.1) is 6.04 Å². The summed E-state index contributed by atoms with van der Waals surface area (Å²) in [6.07, 6.45) is 3.59. The van der Waals surface area contributed by atoms with Crippen molar-refractivity contribution in [1.82, 2.24) is 4.90 Å². The molecule has 0 saturated carbocycles. The van der Waals surface area contributed by atoms with Crippen molar-refractivity contribution in [3.63, 3.8) is 0 Å². The van der Waals surface area contributed by atoms with Gasteiger partial charge in [-0.3, -0.25) is 4.90 Å². The van der Waals surface area contributed by atoms with Crippen molar-refractivity contribution >= 4 is 0 Å². The molecule has 1 atom stereocenters. The molecule has 0 amide bonds. The number of rotatable bonds is 4. The molecule has 0 spiro atoms. The van der Waals surface area contributed by atoms with Crippen LogP contribution in [0.2, 0.25) is 0 Å². The standard InChI is InChI=1S/C21H25F2N/c1-15(2)20-5-3-4-14-24(20)21(16-6-10-18(22)11-7-16)17-8-12-19(23)13-9-17/h6-13,15,20-21H,3-5,14H2,1-2H3/t20-/m0/s1. The summed E-state index contributed by atoms with van der Waals surface area (Å²) in [5.41, 5.74) is 2.13. The highest BCUT2D eigenvalue weighted by atomic mass is 19.1. The van der Waals surface area contributed by atoms with Crippen LogP contribution in [0.5, 0.6) is 0 Å². The monoisotopic (exact) mass is 329 g/mol. The van der Waals surface area contributed by atoms with Crippen LogP contribution in [0.25, 0.3) is 0 Å². The van der Waals surface area contributed by atoms with E-state index in [4.69, 9.17) is 0 Å². The number of piperidine rings is 1. The number of likely N-dealkylation sites (tertiary alicyclic amines) is 1. The molecule has 0 aromatic heterocycles. The van der Waals surface area contributed by atoms with E-state index in [1.54, 1.807) is 0 Å². The maximum atomic E-state index is 13.4. The van der Waals surface area contributed by atoms with E-state index in [9.17, 15) is 8.78 Å². The van der Waals surface area contributed by atoms with Gasteiger partial charge in [0, 0.05) is 6.04 Å². The van der Waals surface area contributed by atoms with E-state index in [0.29, 0.717) is 12.0 Å². The van der Waals surface area contributed by atoms with Gasteiger partial charge in [-0.15, -0.1) is 0 Å². The molecule has 2 aromatic rings. The van der Waals surface area contributed by atoms with Crippen LogP contribution in [-0.2, 0) is 0 Å². The molecule has 3 heteroatoms. The molecular formula is C21H25F2N. The van der Waals surface area contributed by atoms with Crippen molar-refractivity contribution in [2.45, 2.75) is 45.2 Å². The number of hydrogen-bond donors (Lipinski definition) is 0. The van der Waals surface area contributed by atoms with Crippen molar-refractivity contribution in [1.29, 1.82) is 0 Å². The van der Waals surface area contributed by atoms with E-state index in [-0.39, 0.29) is 17.7 Å². The first-order valence-electron chi connectivity index (χ1n) is 8.83. The number of nitrogens with zero attached hydrogens (tertiary/aromatic N) is 1. The highest BCUT2D eigenvalue weighted by molar-refractivity contribution is 5.32. The van der Waals surface area contributed by atoms with Crippen LogP contribution in [-0.4, -0.2) is 17.5 Å². The van der Waals surface area contributed by atoms with E-state index in [1.807, 2.05) is 24.3 Å². The Balaban J connectivity index is 2.03. The summed E-state index contributed by atoms with van der Waals surface area (Å²) in [5.74, 6) is 0.0972. The lowest BCUT2D eigenvalue weighted by Crippen LogP contribution is -2.45. The Morgan fingerprint density at radius 3 is 1.79 bits per heavy atom. The summed E-state index contributed by atoms with van der Waals surface area (Å²) in [6.45, 7) is 5.53. The Hall–Kier alpha value is -1.74. The molecule has 3 rings (SSSR count). The fraction of sp³-hybridized carbons (Fsp3) is 0.429. The second kappa shape index (κ2) is 7.43. The molecule has 1 aliphatic rings. The van der Waals surface area contributed by atoms with Gasteiger partial charge in [-0.05, 0) is 60.7 Å². The van der Waals surface area contributed by atoms with Crippen LogP contribution in [0.15, 0.2) is 48.5 Å². The topological polar surface area (TPSA) is 3.24 Å². The SMILES string of the molecule is CC(C)[C@@H]1CCCCN1C(c1ccc(F)cc1)c1ccc(F)cc1. The molecule has 0 N–H and O–H groups in total. The average Bonchev–Trinajstić information content (AvgIpc) is 2.59. The van der Waals surface area contributed by atoms with Crippen molar-refractivity contribution in [3.05, 3.63) is 71.3 Å². The summed E-state index contributed by atoms with van der Waals surface area (Å²) in [7, 11) is 0. The maximum absolute atomic E-state index is 13.4. The van der Waals surface area contributed by atoms with Gasteiger partial charge >= 0.3 is 0 Å². The molecule has 24 heavy (non-hydrogen) atoms. The quantitative estimate of drug-likeness (QED) is 0.709. The summed E-state index contributed by atoms with van der Waals surface area (Å²) in [4.78, 5) is 2.52. The lowest BCUT2D eigenvalue weighted by atomic mass is 9.87. The second-order valence-corrected chi connectivity index (χ2v) is 7.05. The van der Waals surface area contributed by atoms with E-state index >= 15 is 0 Å². The minimum absolute atomic E-state index is 0.0406. The summed E-state index contributed by atoms with van der Waals surface area (Å²) >= 11 is 0. The van der Waals surface area contributed by atoms with Crippen molar-refractivity contribution in [3.8, 4) is 0 Å². The Morgan fingerprint density at radius 2 is 1.33 bits per heavy atom. The molecule has 128 valence electrons. The first-order valence-corrected chi connectivity index (χ1v) is 8.83. The smallest absolute Gasteiger partial charge is 0.123 e. The molecular weight excluding hydrogens is 304 g/mol. The van der Waals surface area contributed by atoms with Gasteiger partial charge in [0.2, 0.25) is 0 Å². The molecule has 0 bridgehead atoms. The molecule has 0 radical (unpaired) electrons. The summed E-state index contributed by atoms with van der Waals surface area (Å²) in [5, 5.41) is 0. The lowest BCUT2D eigenvalue weighted by Gasteiger charge is -2.43. The highest BCUT2D eigenvalue weighted by Gasteiger charge is 2.32. The minimum Gasteiger partial charge on any atom is -0.289 e. The predicted octanol–water partition coefficient (Wildman–Crippen LogP) is 5.56. The largest absolute Gasteiger partial charge is 0.289 e. The van der Waals surface area contributed by atoms with E-state index < -0.39 is 0 Å². The fourth-order valence-corrected chi connectivity index (χ4v) is 3.88. The Bertz CT molecular complexity index is 603. The van der Waals surface area contributed by atoms with Crippen LogP contribution in [0.3, 0.4) is 0 Å². The molecule has 1 saturated heterocycles. The van der Waals surface area contributed by atoms with Crippen LogP contribution >= 0.6 is 0 Å². The molecule has 1 aliphatic heterocycles. The third-order valence-corrected chi connectivity index (χ3v) is 5.06. The van der Waals surface area contributed by atoms with Gasteiger partial charge in [-0.2, -0.15) is 0 Å². The van der Waals surface area contributed by atoms with Crippen LogP contribution < -0.4 is 0 Å². The Labute approximate surface area is 143 Å². The van der Waals surface area contributed by atoms with Gasteiger partial charge in [-0.1, -0.05) is 44.5 Å². The fourth-order valence-electron chi connectivity index (χ4n) is 3.88. The molecule has 1 nitrogen and oxygen atoms in total.